The Labute approximate surface area is 180 Å². The first-order valence-corrected chi connectivity index (χ1v) is 9.65. The summed E-state index contributed by atoms with van der Waals surface area (Å²) in [6, 6.07) is 15.3. The van der Waals surface area contributed by atoms with Crippen molar-refractivity contribution in [3.8, 4) is 23.1 Å². The third-order valence-electron chi connectivity index (χ3n) is 4.47. The van der Waals surface area contributed by atoms with Crippen LogP contribution in [0.1, 0.15) is 11.1 Å². The van der Waals surface area contributed by atoms with Gasteiger partial charge in [-0.1, -0.05) is 12.1 Å². The van der Waals surface area contributed by atoms with E-state index in [-0.39, 0.29) is 5.82 Å². The number of halogens is 1. The molecule has 0 saturated carbocycles. The van der Waals surface area contributed by atoms with Crippen LogP contribution in [0.15, 0.2) is 65.8 Å². The van der Waals surface area contributed by atoms with Gasteiger partial charge >= 0.3 is 0 Å². The molecule has 0 saturated heterocycles. The summed E-state index contributed by atoms with van der Waals surface area (Å²) in [6.45, 7) is 0.921. The van der Waals surface area contributed by atoms with Crippen molar-refractivity contribution in [2.45, 2.75) is 13.1 Å². The number of hydrogen-bond donors (Lipinski definition) is 2. The highest BCUT2D eigenvalue weighted by molar-refractivity contribution is 5.79. The summed E-state index contributed by atoms with van der Waals surface area (Å²) in [7, 11) is 4.92. The molecule has 0 unspecified atom stereocenters. The maximum absolute atomic E-state index is 13.4. The van der Waals surface area contributed by atoms with Gasteiger partial charge in [0.05, 0.1) is 14.2 Å². The number of ether oxygens (including phenoxy) is 3. The molecule has 2 N–H and O–H groups in total. The molecule has 0 fully saturated rings. The van der Waals surface area contributed by atoms with Crippen molar-refractivity contribution in [1.82, 2.24) is 15.6 Å². The van der Waals surface area contributed by atoms with Gasteiger partial charge in [-0.2, -0.15) is 0 Å². The van der Waals surface area contributed by atoms with Crippen LogP contribution in [0.4, 0.5) is 4.39 Å². The Bertz CT molecular complexity index is 1040. The Morgan fingerprint density at radius 1 is 0.935 bits per heavy atom. The van der Waals surface area contributed by atoms with Crippen LogP contribution in [-0.2, 0) is 13.1 Å². The fourth-order valence-electron chi connectivity index (χ4n) is 2.87. The van der Waals surface area contributed by atoms with Crippen LogP contribution in [0.5, 0.6) is 23.1 Å². The lowest BCUT2D eigenvalue weighted by Gasteiger charge is -2.15. The Morgan fingerprint density at radius 2 is 1.74 bits per heavy atom. The molecule has 0 atom stereocenters. The standard InChI is InChI=1S/C23H25FN4O3/c1-25-23(27-14-16-9-10-19(29-2)13-21(16)30-3)28-15-17-6-5-11-26-22(17)31-20-8-4-7-18(24)12-20/h4-13H,14-15H2,1-3H3,(H2,25,27,28). The zero-order valence-corrected chi connectivity index (χ0v) is 17.7. The number of methoxy groups -OCH3 is 2. The van der Waals surface area contributed by atoms with Crippen LogP contribution in [-0.4, -0.2) is 32.2 Å². The van der Waals surface area contributed by atoms with Crippen molar-refractivity contribution >= 4 is 5.96 Å². The number of benzene rings is 2. The molecule has 1 aromatic heterocycles. The van der Waals surface area contributed by atoms with E-state index in [1.54, 1.807) is 39.6 Å². The molecule has 31 heavy (non-hydrogen) atoms. The van der Waals surface area contributed by atoms with E-state index in [1.807, 2.05) is 30.3 Å². The third kappa shape index (κ3) is 6.08. The van der Waals surface area contributed by atoms with Crippen molar-refractivity contribution in [2.75, 3.05) is 21.3 Å². The fraction of sp³-hybridized carbons (Fsp3) is 0.217. The van der Waals surface area contributed by atoms with Gasteiger partial charge in [0.2, 0.25) is 5.88 Å². The number of aliphatic imine (C=N–C) groups is 1. The van der Waals surface area contributed by atoms with E-state index < -0.39 is 0 Å². The molecule has 7 nitrogen and oxygen atoms in total. The van der Waals surface area contributed by atoms with Gasteiger partial charge in [-0.15, -0.1) is 0 Å². The summed E-state index contributed by atoms with van der Waals surface area (Å²) in [6.07, 6.45) is 1.63. The molecule has 2 aromatic carbocycles. The molecule has 0 aliphatic rings. The lowest BCUT2D eigenvalue weighted by molar-refractivity contribution is 0.390. The highest BCUT2D eigenvalue weighted by Gasteiger charge is 2.09. The predicted octanol–water partition coefficient (Wildman–Crippen LogP) is 3.90. The minimum absolute atomic E-state index is 0.369. The summed E-state index contributed by atoms with van der Waals surface area (Å²) in [5.41, 5.74) is 1.76. The van der Waals surface area contributed by atoms with Crippen LogP contribution in [0.2, 0.25) is 0 Å². The summed E-state index contributed by atoms with van der Waals surface area (Å²) in [4.78, 5) is 8.52. The second-order valence-electron chi connectivity index (χ2n) is 6.48. The monoisotopic (exact) mass is 424 g/mol. The highest BCUT2D eigenvalue weighted by atomic mass is 19.1. The van der Waals surface area contributed by atoms with E-state index in [4.69, 9.17) is 14.2 Å². The number of guanidine groups is 1. The fourth-order valence-corrected chi connectivity index (χ4v) is 2.87. The molecular formula is C23H25FN4O3. The van der Waals surface area contributed by atoms with Crippen molar-refractivity contribution in [1.29, 1.82) is 0 Å². The lowest BCUT2D eigenvalue weighted by atomic mass is 10.2. The second-order valence-corrected chi connectivity index (χ2v) is 6.48. The van der Waals surface area contributed by atoms with Gasteiger partial charge in [0.1, 0.15) is 23.1 Å². The van der Waals surface area contributed by atoms with Gasteiger partial charge in [-0.25, -0.2) is 9.37 Å². The second kappa shape index (κ2) is 10.8. The predicted molar refractivity (Wildman–Crippen MR) is 117 cm³/mol. The molecule has 1 heterocycles. The maximum atomic E-state index is 13.4. The van der Waals surface area contributed by atoms with E-state index >= 15 is 0 Å². The molecule has 0 aliphatic heterocycles. The molecule has 3 aromatic rings. The Morgan fingerprint density at radius 3 is 2.45 bits per heavy atom. The van der Waals surface area contributed by atoms with Crippen LogP contribution in [0.3, 0.4) is 0 Å². The van der Waals surface area contributed by atoms with Gasteiger partial charge in [-0.05, 0) is 30.3 Å². The molecule has 0 amide bonds. The lowest BCUT2D eigenvalue weighted by Crippen LogP contribution is -2.36. The van der Waals surface area contributed by atoms with Crippen LogP contribution < -0.4 is 24.8 Å². The number of nitrogens with one attached hydrogen (secondary N) is 2. The molecule has 0 radical (unpaired) electrons. The van der Waals surface area contributed by atoms with Crippen molar-refractivity contribution < 1.29 is 18.6 Å². The van der Waals surface area contributed by atoms with E-state index in [0.29, 0.717) is 30.7 Å². The Kier molecular flexibility index (Phi) is 7.64. The average molecular weight is 424 g/mol. The third-order valence-corrected chi connectivity index (χ3v) is 4.47. The first-order chi connectivity index (χ1) is 15.1. The van der Waals surface area contributed by atoms with Crippen molar-refractivity contribution in [3.05, 3.63) is 77.7 Å². The molecular weight excluding hydrogens is 399 g/mol. The molecule has 0 aliphatic carbocycles. The molecule has 0 bridgehead atoms. The molecule has 162 valence electrons. The van der Waals surface area contributed by atoms with Gasteiger partial charge in [0.15, 0.2) is 5.96 Å². The van der Waals surface area contributed by atoms with Crippen molar-refractivity contribution in [3.63, 3.8) is 0 Å². The summed E-state index contributed by atoms with van der Waals surface area (Å²) < 4.78 is 29.9. The largest absolute Gasteiger partial charge is 0.497 e. The quantitative estimate of drug-likeness (QED) is 0.422. The number of aromatic nitrogens is 1. The molecule has 0 spiro atoms. The smallest absolute Gasteiger partial charge is 0.224 e. The van der Waals surface area contributed by atoms with Gasteiger partial charge in [0, 0.05) is 49.6 Å². The van der Waals surface area contributed by atoms with Crippen LogP contribution in [0, 0.1) is 5.82 Å². The number of pyridine rings is 1. The van der Waals surface area contributed by atoms with Crippen molar-refractivity contribution in [2.24, 2.45) is 4.99 Å². The normalized spacial score (nSPS) is 11.0. The van der Waals surface area contributed by atoms with E-state index in [0.717, 1.165) is 22.6 Å². The minimum Gasteiger partial charge on any atom is -0.497 e. The number of hydrogen-bond acceptors (Lipinski definition) is 5. The summed E-state index contributed by atoms with van der Waals surface area (Å²) in [5, 5.41) is 6.48. The van der Waals surface area contributed by atoms with Gasteiger partial charge in [-0.3, -0.25) is 4.99 Å². The first kappa shape index (κ1) is 21.9. The minimum atomic E-state index is -0.369. The average Bonchev–Trinajstić information content (AvgIpc) is 2.80. The number of rotatable bonds is 8. The van der Waals surface area contributed by atoms with E-state index in [9.17, 15) is 4.39 Å². The zero-order valence-electron chi connectivity index (χ0n) is 17.7. The SMILES string of the molecule is CN=C(NCc1ccc(OC)cc1OC)NCc1cccnc1Oc1cccc(F)c1. The van der Waals surface area contributed by atoms with E-state index in [1.165, 1.54) is 12.1 Å². The van der Waals surface area contributed by atoms with Gasteiger partial charge in [0.25, 0.3) is 0 Å². The summed E-state index contributed by atoms with van der Waals surface area (Å²) in [5.74, 6) is 2.46. The molecule has 8 heteroatoms. The Hall–Kier alpha value is -3.81. The van der Waals surface area contributed by atoms with E-state index in [2.05, 4.69) is 20.6 Å². The maximum Gasteiger partial charge on any atom is 0.224 e. The van der Waals surface area contributed by atoms with Crippen LogP contribution in [0.25, 0.3) is 0 Å². The summed E-state index contributed by atoms with van der Waals surface area (Å²) >= 11 is 0. The zero-order chi connectivity index (χ0) is 22.1. The van der Waals surface area contributed by atoms with Crippen LogP contribution >= 0.6 is 0 Å². The highest BCUT2D eigenvalue weighted by Crippen LogP contribution is 2.25. The Balaban J connectivity index is 1.63. The molecule has 3 rings (SSSR count). The number of nitrogens with zero attached hydrogens (tertiary/aromatic N) is 2. The topological polar surface area (TPSA) is 77.0 Å². The van der Waals surface area contributed by atoms with Gasteiger partial charge < -0.3 is 24.8 Å². The first-order valence-electron chi connectivity index (χ1n) is 9.65.